The number of hydrogen-bond acceptors (Lipinski definition) is 2. The molecule has 1 saturated heterocycles. The first-order valence-electron chi connectivity index (χ1n) is 6.88. The van der Waals surface area contributed by atoms with Gasteiger partial charge in [0.15, 0.2) is 0 Å². The molecule has 0 aromatic rings. The average molecular weight is 255 g/mol. The molecule has 0 spiro atoms. The molecular weight excluding hydrogens is 230 g/mol. The fourth-order valence-electron chi connectivity index (χ4n) is 2.81. The number of aliphatic carboxylic acids is 1. The normalized spacial score (nSPS) is 25.5. The van der Waals surface area contributed by atoms with Crippen molar-refractivity contribution in [1.82, 2.24) is 4.90 Å². The van der Waals surface area contributed by atoms with Gasteiger partial charge in [0.2, 0.25) is 5.91 Å². The Morgan fingerprint density at radius 3 is 2.28 bits per heavy atom. The minimum atomic E-state index is -0.798. The van der Waals surface area contributed by atoms with E-state index in [1.807, 2.05) is 6.92 Å². The van der Waals surface area contributed by atoms with Gasteiger partial charge in [-0.05, 0) is 19.3 Å². The Kier molecular flexibility index (Phi) is 4.77. The van der Waals surface area contributed by atoms with Crippen molar-refractivity contribution >= 4 is 11.9 Å². The van der Waals surface area contributed by atoms with E-state index in [0.29, 0.717) is 25.4 Å². The Morgan fingerprint density at radius 2 is 1.89 bits per heavy atom. The maximum Gasteiger partial charge on any atom is 0.311 e. The summed E-state index contributed by atoms with van der Waals surface area (Å²) in [6.45, 7) is 8.82. The van der Waals surface area contributed by atoms with E-state index in [2.05, 4.69) is 13.8 Å². The Balaban J connectivity index is 2.68. The topological polar surface area (TPSA) is 57.6 Å². The number of amides is 1. The zero-order valence-corrected chi connectivity index (χ0v) is 11.9. The number of likely N-dealkylation sites (tertiary alicyclic amines) is 1. The molecule has 1 N–H and O–H groups in total. The lowest BCUT2D eigenvalue weighted by Crippen LogP contribution is -2.39. The molecule has 4 heteroatoms. The summed E-state index contributed by atoms with van der Waals surface area (Å²) in [6, 6.07) is 0. The van der Waals surface area contributed by atoms with Crippen LogP contribution in [0.1, 0.15) is 47.0 Å². The minimum Gasteiger partial charge on any atom is -0.481 e. The summed E-state index contributed by atoms with van der Waals surface area (Å²) in [6.07, 6.45) is 2.55. The number of hydrogen-bond donors (Lipinski definition) is 1. The van der Waals surface area contributed by atoms with Crippen LogP contribution >= 0.6 is 0 Å². The molecular formula is C14H25NO3. The molecule has 0 aromatic carbocycles. The standard InChI is InChI=1S/C14H25NO3/c1-5-11(6-2)10(3)12(16)15-8-7-14(4,9-15)13(17)18/h10-11H,5-9H2,1-4H3,(H,17,18). The fraction of sp³-hybridized carbons (Fsp3) is 0.857. The van der Waals surface area contributed by atoms with Crippen molar-refractivity contribution in [3.8, 4) is 0 Å². The van der Waals surface area contributed by atoms with Crippen LogP contribution in [0.3, 0.4) is 0 Å². The number of rotatable bonds is 5. The lowest BCUT2D eigenvalue weighted by Gasteiger charge is -2.27. The fourth-order valence-corrected chi connectivity index (χ4v) is 2.81. The zero-order chi connectivity index (χ0) is 13.9. The Morgan fingerprint density at radius 1 is 1.33 bits per heavy atom. The largest absolute Gasteiger partial charge is 0.481 e. The molecule has 1 heterocycles. The van der Waals surface area contributed by atoms with E-state index in [0.717, 1.165) is 12.8 Å². The summed E-state index contributed by atoms with van der Waals surface area (Å²) < 4.78 is 0. The molecule has 1 aliphatic rings. The Hall–Kier alpha value is -1.06. The van der Waals surface area contributed by atoms with E-state index < -0.39 is 11.4 Å². The third kappa shape index (κ3) is 2.85. The summed E-state index contributed by atoms with van der Waals surface area (Å²) in [4.78, 5) is 25.3. The lowest BCUT2D eigenvalue weighted by molar-refractivity contribution is -0.147. The molecule has 1 rings (SSSR count). The van der Waals surface area contributed by atoms with Gasteiger partial charge in [-0.15, -0.1) is 0 Å². The maximum absolute atomic E-state index is 12.3. The summed E-state index contributed by atoms with van der Waals surface area (Å²) in [5, 5.41) is 9.17. The van der Waals surface area contributed by atoms with Gasteiger partial charge in [-0.2, -0.15) is 0 Å². The van der Waals surface area contributed by atoms with E-state index in [1.165, 1.54) is 0 Å². The van der Waals surface area contributed by atoms with Crippen molar-refractivity contribution in [2.45, 2.75) is 47.0 Å². The molecule has 2 atom stereocenters. The number of carbonyl (C=O) groups excluding carboxylic acids is 1. The van der Waals surface area contributed by atoms with Gasteiger partial charge in [0, 0.05) is 19.0 Å². The maximum atomic E-state index is 12.3. The van der Waals surface area contributed by atoms with Crippen molar-refractivity contribution in [2.24, 2.45) is 17.3 Å². The summed E-state index contributed by atoms with van der Waals surface area (Å²) in [5.74, 6) is -0.285. The van der Waals surface area contributed by atoms with E-state index in [-0.39, 0.29) is 11.8 Å². The predicted octanol–water partition coefficient (Wildman–Crippen LogP) is 2.38. The lowest BCUT2D eigenvalue weighted by atomic mass is 9.88. The second kappa shape index (κ2) is 5.72. The Labute approximate surface area is 109 Å². The molecule has 0 saturated carbocycles. The quantitative estimate of drug-likeness (QED) is 0.820. The highest BCUT2D eigenvalue weighted by Gasteiger charge is 2.43. The van der Waals surface area contributed by atoms with Crippen LogP contribution in [0, 0.1) is 17.3 Å². The molecule has 4 nitrogen and oxygen atoms in total. The molecule has 0 aromatic heterocycles. The van der Waals surface area contributed by atoms with Crippen molar-refractivity contribution in [3.63, 3.8) is 0 Å². The predicted molar refractivity (Wildman–Crippen MR) is 70.2 cm³/mol. The third-order valence-corrected chi connectivity index (χ3v) is 4.45. The molecule has 2 unspecified atom stereocenters. The first-order chi connectivity index (χ1) is 8.35. The van der Waals surface area contributed by atoms with Crippen molar-refractivity contribution in [1.29, 1.82) is 0 Å². The minimum absolute atomic E-state index is 0.00357. The van der Waals surface area contributed by atoms with Crippen LogP contribution < -0.4 is 0 Å². The highest BCUT2D eigenvalue weighted by Crippen LogP contribution is 2.32. The highest BCUT2D eigenvalue weighted by molar-refractivity contribution is 5.82. The van der Waals surface area contributed by atoms with Crippen LogP contribution in [0.5, 0.6) is 0 Å². The molecule has 0 bridgehead atoms. The molecule has 1 fully saturated rings. The van der Waals surface area contributed by atoms with E-state index in [4.69, 9.17) is 0 Å². The van der Waals surface area contributed by atoms with Crippen LogP contribution in [0.15, 0.2) is 0 Å². The smallest absolute Gasteiger partial charge is 0.311 e. The average Bonchev–Trinajstić information content (AvgIpc) is 2.74. The summed E-state index contributed by atoms with van der Waals surface area (Å²) >= 11 is 0. The molecule has 1 amide bonds. The molecule has 0 radical (unpaired) electrons. The monoisotopic (exact) mass is 255 g/mol. The number of carboxylic acid groups (broad SMARTS) is 1. The van der Waals surface area contributed by atoms with Crippen molar-refractivity contribution in [2.75, 3.05) is 13.1 Å². The van der Waals surface area contributed by atoms with Gasteiger partial charge >= 0.3 is 5.97 Å². The second-order valence-corrected chi connectivity index (χ2v) is 5.74. The molecule has 0 aliphatic carbocycles. The molecule has 18 heavy (non-hydrogen) atoms. The first kappa shape index (κ1) is 15.0. The van der Waals surface area contributed by atoms with Gasteiger partial charge in [0.05, 0.1) is 5.41 Å². The summed E-state index contributed by atoms with van der Waals surface area (Å²) in [7, 11) is 0. The van der Waals surface area contributed by atoms with E-state index >= 15 is 0 Å². The number of carboxylic acids is 1. The van der Waals surface area contributed by atoms with Gasteiger partial charge < -0.3 is 10.0 Å². The second-order valence-electron chi connectivity index (χ2n) is 5.74. The van der Waals surface area contributed by atoms with Crippen molar-refractivity contribution in [3.05, 3.63) is 0 Å². The first-order valence-corrected chi connectivity index (χ1v) is 6.88. The van der Waals surface area contributed by atoms with E-state index in [9.17, 15) is 14.7 Å². The van der Waals surface area contributed by atoms with Gasteiger partial charge in [-0.25, -0.2) is 0 Å². The van der Waals surface area contributed by atoms with Crippen LogP contribution in [-0.2, 0) is 9.59 Å². The van der Waals surface area contributed by atoms with Gasteiger partial charge in [0.1, 0.15) is 0 Å². The Bertz CT molecular complexity index is 325. The zero-order valence-electron chi connectivity index (χ0n) is 11.9. The van der Waals surface area contributed by atoms with Crippen LogP contribution in [0.4, 0.5) is 0 Å². The molecule has 104 valence electrons. The molecule has 1 aliphatic heterocycles. The van der Waals surface area contributed by atoms with Gasteiger partial charge in [-0.3, -0.25) is 9.59 Å². The third-order valence-electron chi connectivity index (χ3n) is 4.45. The van der Waals surface area contributed by atoms with Crippen LogP contribution in [0.25, 0.3) is 0 Å². The van der Waals surface area contributed by atoms with Crippen molar-refractivity contribution < 1.29 is 14.7 Å². The highest BCUT2D eigenvalue weighted by atomic mass is 16.4. The number of nitrogens with zero attached hydrogens (tertiary/aromatic N) is 1. The number of carbonyl (C=O) groups is 2. The van der Waals surface area contributed by atoms with Crippen LogP contribution in [0.2, 0.25) is 0 Å². The summed E-state index contributed by atoms with van der Waals surface area (Å²) in [5.41, 5.74) is -0.761. The van der Waals surface area contributed by atoms with Gasteiger partial charge in [0.25, 0.3) is 0 Å². The SMILES string of the molecule is CCC(CC)C(C)C(=O)N1CCC(C)(C(=O)O)C1. The van der Waals surface area contributed by atoms with Crippen LogP contribution in [-0.4, -0.2) is 35.0 Å². The van der Waals surface area contributed by atoms with Gasteiger partial charge in [-0.1, -0.05) is 33.6 Å². The van der Waals surface area contributed by atoms with E-state index in [1.54, 1.807) is 11.8 Å².